The number of aromatic amines is 1. The van der Waals surface area contributed by atoms with Crippen LogP contribution in [0.1, 0.15) is 20.7 Å². The van der Waals surface area contributed by atoms with Crippen LogP contribution in [0.5, 0.6) is 0 Å². The number of H-pyrrole nitrogens is 1. The van der Waals surface area contributed by atoms with Crippen LogP contribution in [0.4, 0.5) is 0 Å². The summed E-state index contributed by atoms with van der Waals surface area (Å²) in [5.41, 5.74) is -0.149. The smallest absolute Gasteiger partial charge is 0.341 e. The minimum Gasteiger partial charge on any atom is -0.478 e. The van der Waals surface area contributed by atoms with Crippen LogP contribution < -0.4 is 5.43 Å². The lowest BCUT2D eigenvalue weighted by Crippen LogP contribution is -2.15. The molecular weight excluding hydrogens is 276 g/mol. The van der Waals surface area contributed by atoms with Crippen molar-refractivity contribution in [3.63, 3.8) is 0 Å². The van der Waals surface area contributed by atoms with Crippen LogP contribution in [-0.4, -0.2) is 32.1 Å². The molecule has 3 N–H and O–H groups in total. The molecule has 0 unspecified atom stereocenters. The first-order valence-corrected chi connectivity index (χ1v) is 5.90. The fraction of sp³-hybridized carbons (Fsp3) is 0. The van der Waals surface area contributed by atoms with Gasteiger partial charge in [0, 0.05) is 23.2 Å². The molecule has 0 aliphatic rings. The van der Waals surface area contributed by atoms with Gasteiger partial charge in [0.2, 0.25) is 5.43 Å². The van der Waals surface area contributed by atoms with Gasteiger partial charge in [-0.1, -0.05) is 6.07 Å². The standard InChI is InChI=1S/C14H8N2O5/c17-12-8-2-1-6-3-7(13(18)19)4-15-10(6)11(8)16-5-9(12)14(20)21/h1-5H,(H,16,17)(H,18,19)(H,20,21). The Hall–Kier alpha value is -3.22. The van der Waals surface area contributed by atoms with E-state index in [1.165, 1.54) is 24.4 Å². The summed E-state index contributed by atoms with van der Waals surface area (Å²) in [5, 5.41) is 18.6. The van der Waals surface area contributed by atoms with Crippen LogP contribution in [0.15, 0.2) is 35.4 Å². The van der Waals surface area contributed by atoms with Crippen molar-refractivity contribution in [3.05, 3.63) is 51.9 Å². The van der Waals surface area contributed by atoms with E-state index in [2.05, 4.69) is 9.97 Å². The van der Waals surface area contributed by atoms with Gasteiger partial charge in [0.25, 0.3) is 0 Å². The lowest BCUT2D eigenvalue weighted by atomic mass is 10.1. The van der Waals surface area contributed by atoms with E-state index in [-0.39, 0.29) is 16.5 Å². The first-order valence-electron chi connectivity index (χ1n) is 5.90. The summed E-state index contributed by atoms with van der Waals surface area (Å²) in [6.07, 6.45) is 2.30. The lowest BCUT2D eigenvalue weighted by Gasteiger charge is -2.04. The summed E-state index contributed by atoms with van der Waals surface area (Å²) in [6, 6.07) is 4.43. The molecule has 0 aliphatic heterocycles. The molecular formula is C14H8N2O5. The molecule has 0 saturated carbocycles. The number of rotatable bonds is 2. The zero-order chi connectivity index (χ0) is 15.1. The highest BCUT2D eigenvalue weighted by atomic mass is 16.4. The summed E-state index contributed by atoms with van der Waals surface area (Å²) >= 11 is 0. The first-order chi connectivity index (χ1) is 9.99. The molecule has 0 fully saturated rings. The fourth-order valence-corrected chi connectivity index (χ4v) is 2.17. The Morgan fingerprint density at radius 1 is 1.14 bits per heavy atom. The molecule has 0 saturated heterocycles. The maximum atomic E-state index is 12.1. The molecule has 0 amide bonds. The number of pyridine rings is 2. The number of carboxylic acid groups (broad SMARTS) is 2. The van der Waals surface area contributed by atoms with Crippen LogP contribution in [-0.2, 0) is 0 Å². The van der Waals surface area contributed by atoms with Crippen LogP contribution in [0.2, 0.25) is 0 Å². The molecule has 0 radical (unpaired) electrons. The predicted octanol–water partition coefficient (Wildman–Crippen LogP) is 1.47. The number of benzene rings is 1. The Labute approximate surface area is 116 Å². The maximum absolute atomic E-state index is 12.1. The van der Waals surface area contributed by atoms with Crippen molar-refractivity contribution < 1.29 is 19.8 Å². The number of hydrogen-bond acceptors (Lipinski definition) is 4. The average molecular weight is 284 g/mol. The molecule has 3 rings (SSSR count). The van der Waals surface area contributed by atoms with E-state index >= 15 is 0 Å². The van der Waals surface area contributed by atoms with Gasteiger partial charge in [0.05, 0.1) is 16.6 Å². The van der Waals surface area contributed by atoms with Crippen LogP contribution in [0, 0.1) is 0 Å². The van der Waals surface area contributed by atoms with E-state index in [1.807, 2.05) is 0 Å². The van der Waals surface area contributed by atoms with Crippen LogP contribution in [0.3, 0.4) is 0 Å². The first kappa shape index (κ1) is 12.8. The second-order valence-electron chi connectivity index (χ2n) is 4.43. The minimum atomic E-state index is -1.31. The number of aromatic nitrogens is 2. The van der Waals surface area contributed by atoms with Gasteiger partial charge in [-0.05, 0) is 12.1 Å². The Kier molecular flexibility index (Phi) is 2.69. The molecule has 1 aromatic carbocycles. The van der Waals surface area contributed by atoms with Crippen molar-refractivity contribution in [2.45, 2.75) is 0 Å². The zero-order valence-electron chi connectivity index (χ0n) is 10.5. The Morgan fingerprint density at radius 3 is 2.57 bits per heavy atom. The highest BCUT2D eigenvalue weighted by molar-refractivity contribution is 6.05. The number of aromatic carboxylic acids is 2. The Balaban J connectivity index is 2.40. The summed E-state index contributed by atoms with van der Waals surface area (Å²) in [7, 11) is 0. The molecule has 7 nitrogen and oxygen atoms in total. The third kappa shape index (κ3) is 1.91. The molecule has 3 aromatic rings. The molecule has 2 heterocycles. The topological polar surface area (TPSA) is 120 Å². The number of carbonyl (C=O) groups is 2. The van der Waals surface area contributed by atoms with E-state index in [4.69, 9.17) is 10.2 Å². The van der Waals surface area contributed by atoms with Crippen molar-refractivity contribution in [2.75, 3.05) is 0 Å². The molecule has 0 spiro atoms. The Morgan fingerprint density at radius 2 is 1.90 bits per heavy atom. The number of hydrogen-bond donors (Lipinski definition) is 3. The second-order valence-corrected chi connectivity index (χ2v) is 4.43. The molecule has 0 atom stereocenters. The second kappa shape index (κ2) is 4.41. The van der Waals surface area contributed by atoms with E-state index in [1.54, 1.807) is 0 Å². The van der Waals surface area contributed by atoms with E-state index in [9.17, 15) is 14.4 Å². The van der Waals surface area contributed by atoms with Crippen molar-refractivity contribution >= 4 is 33.7 Å². The lowest BCUT2D eigenvalue weighted by molar-refractivity contribution is 0.0685. The van der Waals surface area contributed by atoms with Crippen molar-refractivity contribution in [3.8, 4) is 0 Å². The summed E-state index contributed by atoms with van der Waals surface area (Å²) < 4.78 is 0. The van der Waals surface area contributed by atoms with Gasteiger partial charge >= 0.3 is 11.9 Å². The van der Waals surface area contributed by atoms with Gasteiger partial charge < -0.3 is 15.2 Å². The van der Waals surface area contributed by atoms with E-state index < -0.39 is 17.4 Å². The minimum absolute atomic E-state index is 0.0337. The average Bonchev–Trinajstić information content (AvgIpc) is 2.46. The van der Waals surface area contributed by atoms with Crippen molar-refractivity contribution in [1.82, 2.24) is 9.97 Å². The van der Waals surface area contributed by atoms with E-state index in [0.29, 0.717) is 16.4 Å². The van der Waals surface area contributed by atoms with Gasteiger partial charge in [-0.2, -0.15) is 0 Å². The van der Waals surface area contributed by atoms with Gasteiger partial charge in [0.1, 0.15) is 5.56 Å². The monoisotopic (exact) mass is 284 g/mol. The highest BCUT2D eigenvalue weighted by Crippen LogP contribution is 2.21. The van der Waals surface area contributed by atoms with Crippen molar-refractivity contribution in [1.29, 1.82) is 0 Å². The summed E-state index contributed by atoms with van der Waals surface area (Å²) in [5.74, 6) is -2.41. The Bertz CT molecular complexity index is 974. The molecule has 104 valence electrons. The third-order valence-corrected chi connectivity index (χ3v) is 3.18. The number of carboxylic acids is 2. The number of nitrogens with zero attached hydrogens (tertiary/aromatic N) is 1. The predicted molar refractivity (Wildman–Crippen MR) is 73.8 cm³/mol. The normalized spacial score (nSPS) is 10.9. The number of nitrogens with one attached hydrogen (secondary N) is 1. The highest BCUT2D eigenvalue weighted by Gasteiger charge is 2.14. The number of fused-ring (bicyclic) bond motifs is 3. The largest absolute Gasteiger partial charge is 0.478 e. The van der Waals surface area contributed by atoms with Gasteiger partial charge in [-0.15, -0.1) is 0 Å². The van der Waals surface area contributed by atoms with E-state index in [0.717, 1.165) is 6.20 Å². The zero-order valence-corrected chi connectivity index (χ0v) is 10.5. The molecule has 2 aromatic heterocycles. The van der Waals surface area contributed by atoms with Gasteiger partial charge in [-0.25, -0.2) is 9.59 Å². The van der Waals surface area contributed by atoms with Crippen LogP contribution >= 0.6 is 0 Å². The summed E-state index contributed by atoms with van der Waals surface area (Å²) in [6.45, 7) is 0. The molecule has 0 aliphatic carbocycles. The SMILES string of the molecule is O=C(O)c1cnc2c(ccc3c(=O)c(C(=O)O)c[nH]c32)c1. The van der Waals surface area contributed by atoms with Gasteiger partial charge in [0.15, 0.2) is 0 Å². The molecule has 0 bridgehead atoms. The quantitative estimate of drug-likeness (QED) is 0.613. The van der Waals surface area contributed by atoms with Gasteiger partial charge in [-0.3, -0.25) is 9.78 Å². The fourth-order valence-electron chi connectivity index (χ4n) is 2.17. The molecule has 7 heteroatoms. The van der Waals surface area contributed by atoms with Crippen molar-refractivity contribution in [2.24, 2.45) is 0 Å². The summed E-state index contributed by atoms with van der Waals surface area (Å²) in [4.78, 5) is 40.7. The maximum Gasteiger partial charge on any atom is 0.341 e. The third-order valence-electron chi connectivity index (χ3n) is 3.18. The molecule has 21 heavy (non-hydrogen) atoms. The van der Waals surface area contributed by atoms with Crippen LogP contribution in [0.25, 0.3) is 21.8 Å².